The predicted octanol–water partition coefficient (Wildman–Crippen LogP) is 5.93. The maximum absolute atomic E-state index is 2.32. The van der Waals surface area contributed by atoms with Crippen molar-refractivity contribution in [2.24, 2.45) is 0 Å². The number of hydrogen-bond acceptors (Lipinski definition) is 0. The smallest absolute Gasteiger partial charge is 0.00240 e. The van der Waals surface area contributed by atoms with Crippen LogP contribution in [0.25, 0.3) is 32.3 Å². The van der Waals surface area contributed by atoms with Gasteiger partial charge < -0.3 is 0 Å². The van der Waals surface area contributed by atoms with Crippen LogP contribution in [0.15, 0.2) is 54.6 Å². The Labute approximate surface area is 119 Å². The van der Waals surface area contributed by atoms with Crippen LogP contribution in [0.1, 0.15) is 25.3 Å². The fourth-order valence-corrected chi connectivity index (χ4v) is 3.38. The van der Waals surface area contributed by atoms with Crippen molar-refractivity contribution in [2.75, 3.05) is 0 Å². The van der Waals surface area contributed by atoms with Gasteiger partial charge in [-0.3, -0.25) is 0 Å². The summed E-state index contributed by atoms with van der Waals surface area (Å²) in [7, 11) is 0. The van der Waals surface area contributed by atoms with Crippen molar-refractivity contribution >= 4 is 32.3 Å². The van der Waals surface area contributed by atoms with Crippen LogP contribution in [0.2, 0.25) is 0 Å². The second kappa shape index (κ2) is 4.49. The zero-order valence-corrected chi connectivity index (χ0v) is 11.8. The van der Waals surface area contributed by atoms with Crippen molar-refractivity contribution in [3.8, 4) is 0 Å². The van der Waals surface area contributed by atoms with Crippen LogP contribution in [0.4, 0.5) is 0 Å². The highest BCUT2D eigenvalue weighted by Crippen LogP contribution is 2.36. The van der Waals surface area contributed by atoms with Gasteiger partial charge in [0.25, 0.3) is 0 Å². The van der Waals surface area contributed by atoms with Crippen LogP contribution in [0.3, 0.4) is 0 Å². The number of hydrogen-bond donors (Lipinski definition) is 0. The van der Waals surface area contributed by atoms with Gasteiger partial charge in [0.15, 0.2) is 0 Å². The number of unbranched alkanes of at least 4 members (excludes halogenated alkanes) is 1. The molecule has 0 aromatic heterocycles. The Morgan fingerprint density at radius 1 is 0.700 bits per heavy atom. The number of benzene rings is 4. The van der Waals surface area contributed by atoms with E-state index in [-0.39, 0.29) is 0 Å². The molecule has 0 saturated heterocycles. The lowest BCUT2D eigenvalue weighted by molar-refractivity contribution is 0.799. The summed E-state index contributed by atoms with van der Waals surface area (Å²) in [5.74, 6) is 0. The maximum atomic E-state index is 2.32. The first kappa shape index (κ1) is 11.7. The van der Waals surface area contributed by atoms with Crippen molar-refractivity contribution in [3.63, 3.8) is 0 Å². The summed E-state index contributed by atoms with van der Waals surface area (Å²) in [6.45, 7) is 2.26. The molecule has 4 aromatic carbocycles. The minimum atomic E-state index is 1.19. The van der Waals surface area contributed by atoms with Gasteiger partial charge in [-0.15, -0.1) is 0 Å². The fraction of sp³-hybridized carbons (Fsp3) is 0.200. The third-order valence-corrected chi connectivity index (χ3v) is 4.42. The predicted molar refractivity (Wildman–Crippen MR) is 88.8 cm³/mol. The molecular formula is C20H18. The van der Waals surface area contributed by atoms with Crippen molar-refractivity contribution in [1.29, 1.82) is 0 Å². The van der Waals surface area contributed by atoms with E-state index in [1.165, 1.54) is 57.1 Å². The largest absolute Gasteiger partial charge is 0.0654 e. The molecule has 98 valence electrons. The van der Waals surface area contributed by atoms with Gasteiger partial charge in [-0.25, -0.2) is 0 Å². The van der Waals surface area contributed by atoms with Crippen molar-refractivity contribution < 1.29 is 0 Å². The second-order valence-corrected chi connectivity index (χ2v) is 5.68. The van der Waals surface area contributed by atoms with Gasteiger partial charge in [0.05, 0.1) is 0 Å². The quantitative estimate of drug-likeness (QED) is 0.400. The van der Waals surface area contributed by atoms with E-state index in [9.17, 15) is 0 Å². The van der Waals surface area contributed by atoms with Gasteiger partial charge in [0, 0.05) is 0 Å². The molecule has 0 heterocycles. The highest BCUT2D eigenvalue weighted by molar-refractivity contribution is 6.23. The summed E-state index contributed by atoms with van der Waals surface area (Å²) < 4.78 is 0. The molecule has 0 amide bonds. The molecule has 0 aliphatic rings. The normalized spacial score (nSPS) is 11.8. The molecule has 0 nitrogen and oxygen atoms in total. The Kier molecular flexibility index (Phi) is 2.63. The Hall–Kier alpha value is -2.08. The zero-order chi connectivity index (χ0) is 13.5. The van der Waals surface area contributed by atoms with Crippen LogP contribution in [-0.4, -0.2) is 0 Å². The third kappa shape index (κ3) is 1.61. The van der Waals surface area contributed by atoms with Gasteiger partial charge in [-0.1, -0.05) is 67.9 Å². The highest BCUT2D eigenvalue weighted by Gasteiger charge is 2.09. The first-order chi connectivity index (χ1) is 9.88. The van der Waals surface area contributed by atoms with Crippen molar-refractivity contribution in [2.45, 2.75) is 26.2 Å². The zero-order valence-electron chi connectivity index (χ0n) is 11.8. The van der Waals surface area contributed by atoms with Gasteiger partial charge in [-0.05, 0) is 50.7 Å². The van der Waals surface area contributed by atoms with E-state index in [0.29, 0.717) is 0 Å². The van der Waals surface area contributed by atoms with Crippen LogP contribution in [0, 0.1) is 0 Å². The maximum Gasteiger partial charge on any atom is -0.00240 e. The van der Waals surface area contributed by atoms with Gasteiger partial charge in [-0.2, -0.15) is 0 Å². The summed E-state index contributed by atoms with van der Waals surface area (Å²) >= 11 is 0. The third-order valence-electron chi connectivity index (χ3n) is 4.42. The lowest BCUT2D eigenvalue weighted by Crippen LogP contribution is -1.90. The van der Waals surface area contributed by atoms with Gasteiger partial charge in [0.2, 0.25) is 0 Å². The lowest BCUT2D eigenvalue weighted by Gasteiger charge is -2.13. The molecule has 0 saturated carbocycles. The fourth-order valence-electron chi connectivity index (χ4n) is 3.38. The molecule has 4 rings (SSSR count). The van der Waals surface area contributed by atoms with Gasteiger partial charge in [0.1, 0.15) is 0 Å². The lowest BCUT2D eigenvalue weighted by atomic mass is 9.91. The average molecular weight is 258 g/mol. The van der Waals surface area contributed by atoms with Gasteiger partial charge >= 0.3 is 0 Å². The van der Waals surface area contributed by atoms with E-state index in [1.54, 1.807) is 0 Å². The molecule has 4 aromatic rings. The van der Waals surface area contributed by atoms with Crippen LogP contribution in [-0.2, 0) is 6.42 Å². The topological polar surface area (TPSA) is 0 Å². The van der Waals surface area contributed by atoms with E-state index in [4.69, 9.17) is 0 Å². The molecule has 0 aliphatic heterocycles. The second-order valence-electron chi connectivity index (χ2n) is 5.68. The van der Waals surface area contributed by atoms with E-state index in [0.717, 1.165) is 0 Å². The molecule has 0 N–H and O–H groups in total. The Bertz CT molecular complexity index is 870. The van der Waals surface area contributed by atoms with Crippen molar-refractivity contribution in [1.82, 2.24) is 0 Å². The Morgan fingerprint density at radius 2 is 1.35 bits per heavy atom. The molecule has 0 unspecified atom stereocenters. The summed E-state index contributed by atoms with van der Waals surface area (Å²) in [4.78, 5) is 0. The molecule has 0 aliphatic carbocycles. The SMILES string of the molecule is CCCCc1ccc2ccc3cccc4ccc1c2c34. The summed E-state index contributed by atoms with van der Waals surface area (Å²) in [6.07, 6.45) is 3.70. The van der Waals surface area contributed by atoms with E-state index >= 15 is 0 Å². The molecule has 0 radical (unpaired) electrons. The minimum absolute atomic E-state index is 1.19. The summed E-state index contributed by atoms with van der Waals surface area (Å²) in [5, 5.41) is 8.40. The molecule has 0 bridgehead atoms. The minimum Gasteiger partial charge on any atom is -0.0654 e. The average Bonchev–Trinajstić information content (AvgIpc) is 2.51. The van der Waals surface area contributed by atoms with Crippen LogP contribution in [0.5, 0.6) is 0 Å². The van der Waals surface area contributed by atoms with Crippen LogP contribution >= 0.6 is 0 Å². The van der Waals surface area contributed by atoms with E-state index < -0.39 is 0 Å². The first-order valence-corrected chi connectivity index (χ1v) is 7.54. The highest BCUT2D eigenvalue weighted by atomic mass is 14.1. The van der Waals surface area contributed by atoms with E-state index in [1.807, 2.05) is 0 Å². The monoisotopic (exact) mass is 258 g/mol. The summed E-state index contributed by atoms with van der Waals surface area (Å²) in [6, 6.07) is 20.3. The van der Waals surface area contributed by atoms with Crippen LogP contribution < -0.4 is 0 Å². The summed E-state index contributed by atoms with van der Waals surface area (Å²) in [5.41, 5.74) is 1.50. The molecule has 20 heavy (non-hydrogen) atoms. The van der Waals surface area contributed by atoms with E-state index in [2.05, 4.69) is 61.5 Å². The molecule has 0 atom stereocenters. The molecule has 0 fully saturated rings. The Morgan fingerprint density at radius 3 is 2.10 bits per heavy atom. The molecular weight excluding hydrogens is 240 g/mol. The van der Waals surface area contributed by atoms with Crippen molar-refractivity contribution in [3.05, 3.63) is 60.2 Å². The number of rotatable bonds is 3. The standard InChI is InChI=1S/C20H18/c1-2-3-5-14-8-9-17-11-10-15-6-4-7-16-12-13-18(14)20(17)19(15)16/h4,6-13H,2-3,5H2,1H3. The molecule has 0 heteroatoms. The Balaban J connectivity index is 2.14. The first-order valence-electron chi connectivity index (χ1n) is 7.54. The molecule has 0 spiro atoms. The number of aryl methyl sites for hydroxylation is 1.